The summed E-state index contributed by atoms with van der Waals surface area (Å²) in [4.78, 5) is 0. The Bertz CT molecular complexity index is 600. The van der Waals surface area contributed by atoms with E-state index in [0.717, 1.165) is 36.0 Å². The van der Waals surface area contributed by atoms with Gasteiger partial charge in [0.15, 0.2) is 0 Å². The molecule has 2 atom stereocenters. The van der Waals surface area contributed by atoms with E-state index in [0.29, 0.717) is 25.4 Å². The van der Waals surface area contributed by atoms with Crippen molar-refractivity contribution in [1.82, 2.24) is 0 Å². The van der Waals surface area contributed by atoms with E-state index in [4.69, 9.17) is 10.5 Å². The highest BCUT2D eigenvalue weighted by Crippen LogP contribution is 2.37. The van der Waals surface area contributed by atoms with E-state index in [9.17, 15) is 10.2 Å². The lowest BCUT2D eigenvalue weighted by Crippen LogP contribution is -2.44. The van der Waals surface area contributed by atoms with Crippen molar-refractivity contribution in [3.05, 3.63) is 23.8 Å². The standard InChI is InChI=1S/C25H43NO3/c1-19(2)6-4-7-20(3)8-5-15-29-23-12-11-22(24(28)16-23)13-14-25(26,18-27)17-21-9-10-21/h11-12,16,19-21,27-28H,4-10,13-15,17-18,26H2,1-3H3. The first kappa shape index (κ1) is 24.0. The number of nitrogens with two attached hydrogens (primary N) is 1. The van der Waals surface area contributed by atoms with E-state index in [1.807, 2.05) is 12.1 Å². The third-order valence-corrected chi connectivity index (χ3v) is 6.24. The van der Waals surface area contributed by atoms with Crippen LogP contribution in [0, 0.1) is 17.8 Å². The van der Waals surface area contributed by atoms with Crippen LogP contribution in [0.15, 0.2) is 18.2 Å². The quantitative estimate of drug-likeness (QED) is 0.340. The molecular formula is C25H43NO3. The van der Waals surface area contributed by atoms with Gasteiger partial charge in [0.05, 0.1) is 13.2 Å². The van der Waals surface area contributed by atoms with Crippen LogP contribution in [-0.2, 0) is 6.42 Å². The van der Waals surface area contributed by atoms with E-state index < -0.39 is 5.54 Å². The number of aliphatic hydroxyl groups excluding tert-OH is 1. The van der Waals surface area contributed by atoms with Crippen molar-refractivity contribution in [1.29, 1.82) is 0 Å². The van der Waals surface area contributed by atoms with Gasteiger partial charge < -0.3 is 20.7 Å². The Morgan fingerprint density at radius 2 is 1.86 bits per heavy atom. The molecule has 1 aromatic carbocycles. The zero-order valence-electron chi connectivity index (χ0n) is 18.8. The molecule has 0 aromatic heterocycles. The van der Waals surface area contributed by atoms with Gasteiger partial charge in [0.1, 0.15) is 11.5 Å². The highest BCUT2D eigenvalue weighted by molar-refractivity contribution is 5.39. The summed E-state index contributed by atoms with van der Waals surface area (Å²) in [5, 5.41) is 20.0. The van der Waals surface area contributed by atoms with Crippen molar-refractivity contribution in [3.8, 4) is 11.5 Å². The van der Waals surface area contributed by atoms with Gasteiger partial charge in [0.25, 0.3) is 0 Å². The minimum Gasteiger partial charge on any atom is -0.508 e. The Morgan fingerprint density at radius 3 is 2.48 bits per heavy atom. The number of hydrogen-bond acceptors (Lipinski definition) is 4. The highest BCUT2D eigenvalue weighted by atomic mass is 16.5. The number of rotatable bonds is 15. The zero-order valence-corrected chi connectivity index (χ0v) is 18.8. The Hall–Kier alpha value is -1.26. The third kappa shape index (κ3) is 9.39. The van der Waals surface area contributed by atoms with Crippen LogP contribution in [0.3, 0.4) is 0 Å². The number of benzene rings is 1. The first-order valence-electron chi connectivity index (χ1n) is 11.7. The normalized spacial score (nSPS) is 17.3. The van der Waals surface area contributed by atoms with Crippen molar-refractivity contribution in [3.63, 3.8) is 0 Å². The van der Waals surface area contributed by atoms with Crippen molar-refractivity contribution in [2.45, 2.75) is 90.5 Å². The van der Waals surface area contributed by atoms with Crippen molar-refractivity contribution in [2.24, 2.45) is 23.5 Å². The van der Waals surface area contributed by atoms with E-state index in [1.54, 1.807) is 6.07 Å². The molecule has 2 rings (SSSR count). The van der Waals surface area contributed by atoms with Gasteiger partial charge in [0, 0.05) is 11.6 Å². The molecule has 1 saturated carbocycles. The van der Waals surface area contributed by atoms with Gasteiger partial charge in [-0.3, -0.25) is 0 Å². The van der Waals surface area contributed by atoms with Crippen molar-refractivity contribution in [2.75, 3.05) is 13.2 Å². The van der Waals surface area contributed by atoms with Gasteiger partial charge in [-0.25, -0.2) is 0 Å². The molecule has 0 saturated heterocycles. The second-order valence-corrected chi connectivity index (χ2v) is 9.88. The molecule has 1 fully saturated rings. The predicted octanol–water partition coefficient (Wildman–Crippen LogP) is 5.44. The van der Waals surface area contributed by atoms with Crippen LogP contribution >= 0.6 is 0 Å². The molecule has 2 unspecified atom stereocenters. The summed E-state index contributed by atoms with van der Waals surface area (Å²) >= 11 is 0. The SMILES string of the molecule is CC(C)CCCC(C)CCCOc1ccc(CCC(N)(CO)CC2CC2)c(O)c1. The Balaban J connectivity index is 1.69. The Morgan fingerprint density at radius 1 is 1.14 bits per heavy atom. The van der Waals surface area contributed by atoms with Crippen LogP contribution < -0.4 is 10.5 Å². The number of ether oxygens (including phenoxy) is 1. The minimum absolute atomic E-state index is 0.00134. The minimum atomic E-state index is -0.533. The summed E-state index contributed by atoms with van der Waals surface area (Å²) in [6, 6.07) is 5.56. The molecule has 4 nitrogen and oxygen atoms in total. The predicted molar refractivity (Wildman–Crippen MR) is 120 cm³/mol. The summed E-state index contributed by atoms with van der Waals surface area (Å²) in [5.74, 6) is 3.19. The highest BCUT2D eigenvalue weighted by Gasteiger charge is 2.33. The summed E-state index contributed by atoms with van der Waals surface area (Å²) in [6.45, 7) is 7.58. The summed E-state index contributed by atoms with van der Waals surface area (Å²) in [7, 11) is 0. The van der Waals surface area contributed by atoms with Crippen LogP contribution in [-0.4, -0.2) is 29.0 Å². The molecule has 0 radical (unpaired) electrons. The molecule has 0 spiro atoms. The van der Waals surface area contributed by atoms with Gasteiger partial charge in [-0.1, -0.05) is 58.9 Å². The smallest absolute Gasteiger partial charge is 0.122 e. The lowest BCUT2D eigenvalue weighted by atomic mass is 9.87. The summed E-state index contributed by atoms with van der Waals surface area (Å²) < 4.78 is 5.84. The lowest BCUT2D eigenvalue weighted by molar-refractivity contribution is 0.172. The number of aromatic hydroxyl groups is 1. The Kier molecular flexibility index (Phi) is 9.78. The van der Waals surface area contributed by atoms with Crippen molar-refractivity contribution < 1.29 is 14.9 Å². The van der Waals surface area contributed by atoms with Gasteiger partial charge in [-0.15, -0.1) is 0 Å². The molecule has 1 aliphatic rings. The maximum atomic E-state index is 10.4. The van der Waals surface area contributed by atoms with Crippen LogP contribution in [0.5, 0.6) is 11.5 Å². The lowest BCUT2D eigenvalue weighted by Gasteiger charge is -2.27. The molecular weight excluding hydrogens is 362 g/mol. The van der Waals surface area contributed by atoms with E-state index >= 15 is 0 Å². The van der Waals surface area contributed by atoms with E-state index in [1.165, 1.54) is 38.5 Å². The van der Waals surface area contributed by atoms with E-state index in [-0.39, 0.29) is 12.4 Å². The van der Waals surface area contributed by atoms with Crippen molar-refractivity contribution >= 4 is 0 Å². The van der Waals surface area contributed by atoms with Crippen LogP contribution in [0.2, 0.25) is 0 Å². The van der Waals surface area contributed by atoms with Crippen LogP contribution in [0.25, 0.3) is 0 Å². The molecule has 0 aliphatic heterocycles. The molecule has 1 aromatic rings. The van der Waals surface area contributed by atoms with Gasteiger partial charge in [-0.05, 0) is 61.5 Å². The average molecular weight is 406 g/mol. The monoisotopic (exact) mass is 405 g/mol. The maximum Gasteiger partial charge on any atom is 0.122 e. The molecule has 4 heteroatoms. The molecule has 0 bridgehead atoms. The fourth-order valence-corrected chi connectivity index (χ4v) is 4.01. The van der Waals surface area contributed by atoms with Gasteiger partial charge >= 0.3 is 0 Å². The topological polar surface area (TPSA) is 75.7 Å². The number of phenols is 1. The molecule has 4 N–H and O–H groups in total. The molecule has 1 aliphatic carbocycles. The molecule has 0 heterocycles. The number of aryl methyl sites for hydroxylation is 1. The number of aliphatic hydroxyl groups is 1. The van der Waals surface area contributed by atoms with Crippen LogP contribution in [0.1, 0.15) is 84.1 Å². The summed E-state index contributed by atoms with van der Waals surface area (Å²) in [6.07, 6.45) is 10.8. The van der Waals surface area contributed by atoms with Gasteiger partial charge in [-0.2, -0.15) is 0 Å². The zero-order chi connectivity index (χ0) is 21.3. The average Bonchev–Trinajstić information content (AvgIpc) is 3.48. The third-order valence-electron chi connectivity index (χ3n) is 6.24. The fourth-order valence-electron chi connectivity index (χ4n) is 4.01. The molecule has 29 heavy (non-hydrogen) atoms. The second kappa shape index (κ2) is 11.8. The largest absolute Gasteiger partial charge is 0.508 e. The molecule has 166 valence electrons. The first-order chi connectivity index (χ1) is 13.8. The van der Waals surface area contributed by atoms with Gasteiger partial charge in [0.2, 0.25) is 0 Å². The van der Waals surface area contributed by atoms with E-state index in [2.05, 4.69) is 20.8 Å². The van der Waals surface area contributed by atoms with Crippen LogP contribution in [0.4, 0.5) is 0 Å². The maximum absolute atomic E-state index is 10.4. The summed E-state index contributed by atoms with van der Waals surface area (Å²) in [5.41, 5.74) is 6.70. The Labute approximate surface area is 177 Å². The number of phenolic OH excluding ortho intramolecular Hbond substituents is 1. The fraction of sp³-hybridized carbons (Fsp3) is 0.760. The molecule has 0 amide bonds. The number of hydrogen-bond donors (Lipinski definition) is 3. The second-order valence-electron chi connectivity index (χ2n) is 9.88. The first-order valence-corrected chi connectivity index (χ1v) is 11.7.